The highest BCUT2D eigenvalue weighted by molar-refractivity contribution is 5.98. The molecule has 0 radical (unpaired) electrons. The van der Waals surface area contributed by atoms with Crippen LogP contribution in [0.3, 0.4) is 0 Å². The van der Waals surface area contributed by atoms with E-state index >= 15 is 0 Å². The largest absolute Gasteiger partial charge is 0.434 e. The van der Waals surface area contributed by atoms with Crippen LogP contribution in [0.5, 0.6) is 0 Å². The molecule has 0 aromatic carbocycles. The third kappa shape index (κ3) is 4.68. The minimum atomic E-state index is -4.54. The Bertz CT molecular complexity index is 1180. The summed E-state index contributed by atoms with van der Waals surface area (Å²) in [5, 5.41) is 6.29. The Morgan fingerprint density at radius 1 is 0.941 bits per heavy atom. The van der Waals surface area contributed by atoms with Crippen molar-refractivity contribution >= 4 is 11.7 Å². The normalized spacial score (nSPS) is 20.2. The predicted molar refractivity (Wildman–Crippen MR) is 117 cm³/mol. The first kappa shape index (κ1) is 22.2. The molecule has 2 saturated carbocycles. The molecule has 3 aromatic rings. The van der Waals surface area contributed by atoms with Crippen molar-refractivity contribution in [2.75, 3.05) is 5.32 Å². The molecule has 2 aliphatic rings. The Labute approximate surface area is 193 Å². The van der Waals surface area contributed by atoms with Crippen LogP contribution in [-0.2, 0) is 6.18 Å². The van der Waals surface area contributed by atoms with Crippen molar-refractivity contribution in [3.05, 3.63) is 60.1 Å². The topological polar surface area (TPSA) is 106 Å². The molecule has 0 saturated heterocycles. The van der Waals surface area contributed by atoms with E-state index in [9.17, 15) is 18.0 Å². The maximum atomic E-state index is 13.1. The molecule has 0 spiro atoms. The van der Waals surface area contributed by atoms with E-state index in [1.807, 2.05) is 0 Å². The number of halogens is 3. The first-order valence-corrected chi connectivity index (χ1v) is 11.1. The maximum absolute atomic E-state index is 13.1. The first-order valence-electron chi connectivity index (χ1n) is 11.1. The molecular weight excluding hydrogens is 447 g/mol. The zero-order valence-corrected chi connectivity index (χ0v) is 18.1. The van der Waals surface area contributed by atoms with Crippen LogP contribution < -0.4 is 10.6 Å². The van der Waals surface area contributed by atoms with Gasteiger partial charge in [0.25, 0.3) is 5.91 Å². The number of nitrogens with one attached hydrogen (secondary N) is 2. The van der Waals surface area contributed by atoms with Crippen LogP contribution >= 0.6 is 0 Å². The summed E-state index contributed by atoms with van der Waals surface area (Å²) >= 11 is 0. The highest BCUT2D eigenvalue weighted by Gasteiger charge is 2.38. The molecule has 8 nitrogen and oxygen atoms in total. The number of amides is 1. The summed E-state index contributed by atoms with van der Waals surface area (Å²) in [5.74, 6) is 0.380. The van der Waals surface area contributed by atoms with Gasteiger partial charge in [0.05, 0.1) is 17.5 Å². The Morgan fingerprint density at radius 2 is 1.68 bits per heavy atom. The van der Waals surface area contributed by atoms with Crippen LogP contribution in [0.15, 0.2) is 43.0 Å². The number of nitrogens with zero attached hydrogens (tertiary/aromatic N) is 5. The predicted octanol–water partition coefficient (Wildman–Crippen LogP) is 3.99. The van der Waals surface area contributed by atoms with Crippen LogP contribution in [0.25, 0.3) is 11.4 Å². The van der Waals surface area contributed by atoms with Gasteiger partial charge in [0, 0.05) is 36.6 Å². The lowest BCUT2D eigenvalue weighted by Gasteiger charge is -2.24. The molecule has 11 heteroatoms. The molecule has 5 rings (SSSR count). The van der Waals surface area contributed by atoms with Crippen LogP contribution in [0, 0.1) is 0 Å². The van der Waals surface area contributed by atoms with E-state index < -0.39 is 11.9 Å². The van der Waals surface area contributed by atoms with Crippen molar-refractivity contribution in [1.29, 1.82) is 0 Å². The Morgan fingerprint density at radius 3 is 2.41 bits per heavy atom. The minimum absolute atomic E-state index is 0.0197. The second-order valence-corrected chi connectivity index (χ2v) is 8.49. The van der Waals surface area contributed by atoms with E-state index in [0.29, 0.717) is 22.9 Å². The van der Waals surface area contributed by atoms with Gasteiger partial charge in [-0.2, -0.15) is 13.2 Å². The maximum Gasteiger partial charge on any atom is 0.434 e. The number of carbonyl (C=O) groups is 1. The number of pyridine rings is 1. The molecule has 2 aliphatic carbocycles. The number of alkyl halides is 3. The summed E-state index contributed by atoms with van der Waals surface area (Å²) in [6.07, 6.45) is 4.84. The third-order valence-corrected chi connectivity index (χ3v) is 6.04. The molecule has 34 heavy (non-hydrogen) atoms. The SMILES string of the molecule is O=C(NC1CCC[C@@H]1Nc1ncc(C(F)(F)F)nc1C1CC1)c1ncccc1-c1ncccn1. The molecule has 1 amide bonds. The van der Waals surface area contributed by atoms with Crippen molar-refractivity contribution in [1.82, 2.24) is 30.2 Å². The van der Waals surface area contributed by atoms with Crippen molar-refractivity contribution in [3.63, 3.8) is 0 Å². The average Bonchev–Trinajstić information content (AvgIpc) is 3.60. The number of hydrogen-bond donors (Lipinski definition) is 2. The van der Waals surface area contributed by atoms with E-state index in [2.05, 4.69) is 35.6 Å². The summed E-state index contributed by atoms with van der Waals surface area (Å²) in [4.78, 5) is 33.7. The van der Waals surface area contributed by atoms with Gasteiger partial charge in [0.15, 0.2) is 11.5 Å². The molecule has 0 bridgehead atoms. The Hall–Kier alpha value is -3.63. The summed E-state index contributed by atoms with van der Waals surface area (Å²) in [6.45, 7) is 0. The first-order chi connectivity index (χ1) is 16.4. The van der Waals surface area contributed by atoms with Gasteiger partial charge in [0.1, 0.15) is 11.5 Å². The van der Waals surface area contributed by atoms with Crippen LogP contribution in [0.1, 0.15) is 59.9 Å². The second-order valence-electron chi connectivity index (χ2n) is 8.49. The fourth-order valence-corrected chi connectivity index (χ4v) is 4.22. The fraction of sp³-hybridized carbons (Fsp3) is 0.391. The molecular formula is C23H22F3N7O. The summed E-state index contributed by atoms with van der Waals surface area (Å²) in [5.41, 5.74) is 0.0992. The molecule has 0 aliphatic heterocycles. The molecule has 1 unspecified atom stereocenters. The highest BCUT2D eigenvalue weighted by atomic mass is 19.4. The number of rotatable bonds is 6. The fourth-order valence-electron chi connectivity index (χ4n) is 4.22. The molecule has 3 heterocycles. The standard InChI is InChI=1S/C23H22F3N7O/c24-23(25,26)17-12-30-21(18(33-17)13-7-8-13)31-15-5-1-6-16(15)32-22(34)19-14(4-2-9-27-19)20-28-10-3-11-29-20/h2-4,9-13,15-16H,1,5-8H2,(H,30,31)(H,32,34)/t15-,16?/m0/s1. The molecule has 3 aromatic heterocycles. The van der Waals surface area contributed by atoms with E-state index in [1.54, 1.807) is 30.6 Å². The number of aromatic nitrogens is 5. The van der Waals surface area contributed by atoms with Gasteiger partial charge in [-0.05, 0) is 50.3 Å². The lowest BCUT2D eigenvalue weighted by molar-refractivity contribution is -0.141. The van der Waals surface area contributed by atoms with Crippen molar-refractivity contribution in [2.24, 2.45) is 0 Å². The zero-order chi connectivity index (χ0) is 23.7. The van der Waals surface area contributed by atoms with E-state index in [0.717, 1.165) is 38.3 Å². The molecule has 2 atom stereocenters. The van der Waals surface area contributed by atoms with E-state index in [-0.39, 0.29) is 29.6 Å². The van der Waals surface area contributed by atoms with Crippen molar-refractivity contribution < 1.29 is 18.0 Å². The number of anilines is 1. The Balaban J connectivity index is 1.34. The van der Waals surface area contributed by atoms with Gasteiger partial charge >= 0.3 is 6.18 Å². The van der Waals surface area contributed by atoms with Gasteiger partial charge in [0.2, 0.25) is 0 Å². The highest BCUT2D eigenvalue weighted by Crippen LogP contribution is 2.43. The van der Waals surface area contributed by atoms with Crippen molar-refractivity contribution in [3.8, 4) is 11.4 Å². The average molecular weight is 469 g/mol. The third-order valence-electron chi connectivity index (χ3n) is 6.04. The lowest BCUT2D eigenvalue weighted by atomic mass is 10.1. The summed E-state index contributed by atoms with van der Waals surface area (Å²) < 4.78 is 39.4. The molecule has 2 N–H and O–H groups in total. The lowest BCUT2D eigenvalue weighted by Crippen LogP contribution is -2.44. The van der Waals surface area contributed by atoms with Crippen molar-refractivity contribution in [2.45, 2.75) is 56.3 Å². The van der Waals surface area contributed by atoms with Gasteiger partial charge in [-0.15, -0.1) is 0 Å². The number of hydrogen-bond acceptors (Lipinski definition) is 7. The minimum Gasteiger partial charge on any atom is -0.364 e. The molecule has 2 fully saturated rings. The Kier molecular flexibility index (Phi) is 5.84. The zero-order valence-electron chi connectivity index (χ0n) is 18.1. The summed E-state index contributed by atoms with van der Waals surface area (Å²) in [6, 6.07) is 4.71. The number of carbonyl (C=O) groups excluding carboxylic acids is 1. The van der Waals surface area contributed by atoms with E-state index in [4.69, 9.17) is 0 Å². The van der Waals surface area contributed by atoms with Crippen LogP contribution in [0.2, 0.25) is 0 Å². The smallest absolute Gasteiger partial charge is 0.364 e. The second kappa shape index (κ2) is 8.96. The summed E-state index contributed by atoms with van der Waals surface area (Å²) in [7, 11) is 0. The van der Waals surface area contributed by atoms with Gasteiger partial charge in [-0.25, -0.2) is 19.9 Å². The molecule has 176 valence electrons. The van der Waals surface area contributed by atoms with Crippen LogP contribution in [-0.4, -0.2) is 42.9 Å². The van der Waals surface area contributed by atoms with Gasteiger partial charge in [-0.1, -0.05) is 0 Å². The van der Waals surface area contributed by atoms with Gasteiger partial charge in [-0.3, -0.25) is 9.78 Å². The monoisotopic (exact) mass is 469 g/mol. The van der Waals surface area contributed by atoms with Crippen LogP contribution in [0.4, 0.5) is 19.0 Å². The van der Waals surface area contributed by atoms with E-state index in [1.165, 1.54) is 6.20 Å². The quantitative estimate of drug-likeness (QED) is 0.562. The van der Waals surface area contributed by atoms with Gasteiger partial charge < -0.3 is 10.6 Å².